The van der Waals surface area contributed by atoms with E-state index in [-0.39, 0.29) is 12.3 Å². The molecule has 2 N–H and O–H groups in total. The summed E-state index contributed by atoms with van der Waals surface area (Å²) in [5.74, 6) is -0.148. The number of rotatable bonds is 3. The molecule has 1 aromatic rings. The van der Waals surface area contributed by atoms with Crippen LogP contribution in [-0.2, 0) is 0 Å². The second-order valence-electron chi connectivity index (χ2n) is 3.32. The summed E-state index contributed by atoms with van der Waals surface area (Å²) in [5.41, 5.74) is 7.14. The Morgan fingerprint density at radius 3 is 2.71 bits per heavy atom. The van der Waals surface area contributed by atoms with Gasteiger partial charge in [-0.1, -0.05) is 12.1 Å². The number of benzene rings is 1. The summed E-state index contributed by atoms with van der Waals surface area (Å²) < 4.78 is 13.0. The molecule has 0 aliphatic carbocycles. The van der Waals surface area contributed by atoms with Crippen LogP contribution in [0.5, 0.6) is 0 Å². The molecule has 0 bridgehead atoms. The molecule has 0 aromatic heterocycles. The third-order valence-electron chi connectivity index (χ3n) is 2.21. The van der Waals surface area contributed by atoms with Gasteiger partial charge in [-0.2, -0.15) is 0 Å². The maximum Gasteiger partial charge on any atom is 0.176 e. The zero-order chi connectivity index (χ0) is 10.7. The summed E-state index contributed by atoms with van der Waals surface area (Å²) in [6.07, 6.45) is -1.06. The van der Waals surface area contributed by atoms with Crippen LogP contribution in [0.2, 0.25) is 0 Å². The Morgan fingerprint density at radius 1 is 1.57 bits per heavy atom. The summed E-state index contributed by atoms with van der Waals surface area (Å²) in [6.45, 7) is 3.22. The number of hydrogen-bond acceptors (Lipinski definition) is 2. The Hall–Kier alpha value is -1.22. The lowest BCUT2D eigenvalue weighted by atomic mass is 10.00. The molecule has 0 spiro atoms. The minimum atomic E-state index is -1.06. The maximum atomic E-state index is 13.0. The van der Waals surface area contributed by atoms with Crippen LogP contribution in [0.3, 0.4) is 0 Å². The SMILES string of the molecule is Cc1ccc(C(C)F)cc1C(=O)CN. The zero-order valence-electron chi connectivity index (χ0n) is 8.38. The monoisotopic (exact) mass is 195 g/mol. The van der Waals surface area contributed by atoms with Gasteiger partial charge in [0.05, 0.1) is 6.54 Å². The molecule has 0 amide bonds. The van der Waals surface area contributed by atoms with E-state index < -0.39 is 6.17 Å². The fourth-order valence-corrected chi connectivity index (χ4v) is 1.30. The number of nitrogens with two attached hydrogens (primary N) is 1. The van der Waals surface area contributed by atoms with E-state index in [2.05, 4.69) is 0 Å². The van der Waals surface area contributed by atoms with Crippen molar-refractivity contribution in [1.29, 1.82) is 0 Å². The smallest absolute Gasteiger partial charge is 0.176 e. The Morgan fingerprint density at radius 2 is 2.21 bits per heavy atom. The molecule has 0 radical (unpaired) electrons. The highest BCUT2D eigenvalue weighted by Gasteiger charge is 2.10. The first-order valence-corrected chi connectivity index (χ1v) is 4.54. The maximum absolute atomic E-state index is 13.0. The molecule has 1 rings (SSSR count). The molecule has 0 aliphatic heterocycles. The Kier molecular flexibility index (Phi) is 3.36. The van der Waals surface area contributed by atoms with E-state index >= 15 is 0 Å². The predicted molar refractivity (Wildman–Crippen MR) is 54.1 cm³/mol. The molecule has 0 fully saturated rings. The van der Waals surface area contributed by atoms with E-state index in [1.165, 1.54) is 6.92 Å². The predicted octanol–water partition coefficient (Wildman–Crippen LogP) is 2.17. The fraction of sp³-hybridized carbons (Fsp3) is 0.364. The Bertz CT molecular complexity index is 347. The average molecular weight is 195 g/mol. The molecule has 76 valence electrons. The third-order valence-corrected chi connectivity index (χ3v) is 2.21. The number of carbonyl (C=O) groups excluding carboxylic acids is 1. The molecule has 2 nitrogen and oxygen atoms in total. The highest BCUT2D eigenvalue weighted by atomic mass is 19.1. The molecular weight excluding hydrogens is 181 g/mol. The lowest BCUT2D eigenvalue weighted by molar-refractivity contribution is 0.100. The van der Waals surface area contributed by atoms with Gasteiger partial charge < -0.3 is 5.73 Å². The molecule has 0 saturated heterocycles. The first kappa shape index (κ1) is 10.9. The molecule has 1 aromatic carbocycles. The topological polar surface area (TPSA) is 43.1 Å². The molecule has 0 saturated carbocycles. The first-order valence-electron chi connectivity index (χ1n) is 4.54. The summed E-state index contributed by atoms with van der Waals surface area (Å²) in [7, 11) is 0. The van der Waals surface area contributed by atoms with Gasteiger partial charge in [-0.05, 0) is 31.0 Å². The summed E-state index contributed by atoms with van der Waals surface area (Å²) in [5, 5.41) is 0. The van der Waals surface area contributed by atoms with Crippen molar-refractivity contribution < 1.29 is 9.18 Å². The third kappa shape index (κ3) is 2.17. The van der Waals surface area contributed by atoms with E-state index in [1.807, 2.05) is 6.92 Å². The van der Waals surface area contributed by atoms with Gasteiger partial charge >= 0.3 is 0 Å². The second-order valence-corrected chi connectivity index (χ2v) is 3.32. The van der Waals surface area contributed by atoms with Crippen LogP contribution in [0.25, 0.3) is 0 Å². The largest absolute Gasteiger partial charge is 0.324 e. The van der Waals surface area contributed by atoms with Crippen LogP contribution < -0.4 is 5.73 Å². The number of ketones is 1. The minimum absolute atomic E-state index is 0.0367. The van der Waals surface area contributed by atoms with Gasteiger partial charge in [-0.15, -0.1) is 0 Å². The van der Waals surface area contributed by atoms with Gasteiger partial charge in [0.25, 0.3) is 0 Å². The number of alkyl halides is 1. The van der Waals surface area contributed by atoms with Crippen LogP contribution in [0, 0.1) is 6.92 Å². The van der Waals surface area contributed by atoms with E-state index in [9.17, 15) is 9.18 Å². The van der Waals surface area contributed by atoms with Gasteiger partial charge in [0.2, 0.25) is 0 Å². The lowest BCUT2D eigenvalue weighted by Crippen LogP contribution is -2.15. The highest BCUT2D eigenvalue weighted by molar-refractivity contribution is 5.98. The van der Waals surface area contributed by atoms with Crippen molar-refractivity contribution in [3.63, 3.8) is 0 Å². The number of aryl methyl sites for hydroxylation is 1. The van der Waals surface area contributed by atoms with Gasteiger partial charge in [-0.3, -0.25) is 4.79 Å². The van der Waals surface area contributed by atoms with Crippen molar-refractivity contribution >= 4 is 5.78 Å². The van der Waals surface area contributed by atoms with Crippen molar-refractivity contribution in [3.8, 4) is 0 Å². The van der Waals surface area contributed by atoms with Crippen LogP contribution in [-0.4, -0.2) is 12.3 Å². The van der Waals surface area contributed by atoms with Gasteiger partial charge in [0.15, 0.2) is 5.78 Å². The fourth-order valence-electron chi connectivity index (χ4n) is 1.30. The number of carbonyl (C=O) groups is 1. The van der Waals surface area contributed by atoms with E-state index in [0.29, 0.717) is 11.1 Å². The Labute approximate surface area is 82.9 Å². The van der Waals surface area contributed by atoms with E-state index in [0.717, 1.165) is 5.56 Å². The number of halogens is 1. The van der Waals surface area contributed by atoms with Crippen molar-refractivity contribution in [3.05, 3.63) is 34.9 Å². The van der Waals surface area contributed by atoms with Crippen molar-refractivity contribution in [2.24, 2.45) is 5.73 Å². The molecule has 0 aliphatic rings. The number of hydrogen-bond donors (Lipinski definition) is 1. The van der Waals surface area contributed by atoms with Crippen LogP contribution >= 0.6 is 0 Å². The minimum Gasteiger partial charge on any atom is -0.324 e. The van der Waals surface area contributed by atoms with E-state index in [1.54, 1.807) is 18.2 Å². The standard InChI is InChI=1S/C11H14FNO/c1-7-3-4-9(8(2)12)5-10(7)11(14)6-13/h3-5,8H,6,13H2,1-2H3. The molecule has 1 unspecified atom stereocenters. The van der Waals surface area contributed by atoms with Crippen LogP contribution in [0.1, 0.15) is 34.6 Å². The zero-order valence-corrected chi connectivity index (χ0v) is 8.38. The quantitative estimate of drug-likeness (QED) is 0.751. The summed E-state index contributed by atoms with van der Waals surface area (Å²) in [6, 6.07) is 5.01. The van der Waals surface area contributed by atoms with Crippen molar-refractivity contribution in [1.82, 2.24) is 0 Å². The van der Waals surface area contributed by atoms with Gasteiger partial charge in [0, 0.05) is 5.56 Å². The van der Waals surface area contributed by atoms with Crippen molar-refractivity contribution in [2.45, 2.75) is 20.0 Å². The lowest BCUT2D eigenvalue weighted by Gasteiger charge is -2.07. The molecular formula is C11H14FNO. The molecule has 3 heteroatoms. The van der Waals surface area contributed by atoms with E-state index in [4.69, 9.17) is 5.73 Å². The van der Waals surface area contributed by atoms with Crippen LogP contribution in [0.4, 0.5) is 4.39 Å². The molecule has 0 heterocycles. The molecule has 14 heavy (non-hydrogen) atoms. The average Bonchev–Trinajstić information content (AvgIpc) is 2.17. The normalized spacial score (nSPS) is 12.6. The number of Topliss-reactive ketones (excluding diaryl/α,β-unsaturated/α-hetero) is 1. The molecule has 1 atom stereocenters. The van der Waals surface area contributed by atoms with Crippen molar-refractivity contribution in [2.75, 3.05) is 6.54 Å². The van der Waals surface area contributed by atoms with Gasteiger partial charge in [-0.25, -0.2) is 4.39 Å². The van der Waals surface area contributed by atoms with Crippen LogP contribution in [0.15, 0.2) is 18.2 Å². The summed E-state index contributed by atoms with van der Waals surface area (Å²) in [4.78, 5) is 11.4. The summed E-state index contributed by atoms with van der Waals surface area (Å²) >= 11 is 0. The highest BCUT2D eigenvalue weighted by Crippen LogP contribution is 2.20. The second kappa shape index (κ2) is 4.33. The first-order chi connectivity index (χ1) is 6.56. The Balaban J connectivity index is 3.15. The van der Waals surface area contributed by atoms with Gasteiger partial charge in [0.1, 0.15) is 6.17 Å².